The van der Waals surface area contributed by atoms with Crippen LogP contribution in [-0.2, 0) is 9.53 Å². The van der Waals surface area contributed by atoms with Crippen molar-refractivity contribution >= 4 is 17.7 Å². The number of aromatic nitrogens is 3. The standard InChI is InChI=1S/C20H26N6O3/c1-13(27)25(2)15-9-16(10-15)29-19-11-17(14-3-4-18(21)22-12-14)23-20(24-19)26-5-7-28-8-6-26/h3-4,11-12,15-16H,5-10H2,1-2H3,(H2,21,22). The first-order valence-electron chi connectivity index (χ1n) is 9.83. The lowest BCUT2D eigenvalue weighted by atomic mass is 9.88. The molecule has 0 bridgehead atoms. The van der Waals surface area contributed by atoms with E-state index in [1.165, 1.54) is 0 Å². The molecular weight excluding hydrogens is 372 g/mol. The number of hydrogen-bond donors (Lipinski definition) is 1. The van der Waals surface area contributed by atoms with Gasteiger partial charge in [0.25, 0.3) is 0 Å². The molecule has 1 amide bonds. The molecule has 2 aromatic rings. The average molecular weight is 398 g/mol. The zero-order valence-electron chi connectivity index (χ0n) is 16.7. The highest BCUT2D eigenvalue weighted by Gasteiger charge is 2.35. The molecule has 0 aromatic carbocycles. The van der Waals surface area contributed by atoms with Crippen molar-refractivity contribution in [1.29, 1.82) is 0 Å². The molecule has 1 saturated carbocycles. The molecule has 4 rings (SSSR count). The van der Waals surface area contributed by atoms with Crippen LogP contribution in [0.5, 0.6) is 5.88 Å². The third-order valence-electron chi connectivity index (χ3n) is 5.47. The molecule has 9 nitrogen and oxygen atoms in total. The number of nitrogen functional groups attached to an aromatic ring is 1. The minimum atomic E-state index is 0.0339. The molecule has 0 radical (unpaired) electrons. The number of pyridine rings is 1. The first kappa shape index (κ1) is 19.4. The van der Waals surface area contributed by atoms with Crippen LogP contribution in [-0.4, -0.2) is 71.3 Å². The van der Waals surface area contributed by atoms with Crippen molar-refractivity contribution in [1.82, 2.24) is 19.9 Å². The summed E-state index contributed by atoms with van der Waals surface area (Å²) in [7, 11) is 1.83. The minimum Gasteiger partial charge on any atom is -0.474 e. The van der Waals surface area contributed by atoms with Gasteiger partial charge in [-0.3, -0.25) is 4.79 Å². The van der Waals surface area contributed by atoms with Gasteiger partial charge in [-0.25, -0.2) is 9.97 Å². The molecule has 1 aliphatic carbocycles. The van der Waals surface area contributed by atoms with Crippen LogP contribution in [0.1, 0.15) is 19.8 Å². The number of carbonyl (C=O) groups excluding carboxylic acids is 1. The van der Waals surface area contributed by atoms with Gasteiger partial charge in [-0.05, 0) is 12.1 Å². The Morgan fingerprint density at radius 2 is 2.03 bits per heavy atom. The Hall–Kier alpha value is -2.94. The van der Waals surface area contributed by atoms with Crippen LogP contribution in [0.25, 0.3) is 11.3 Å². The van der Waals surface area contributed by atoms with Gasteiger partial charge in [-0.15, -0.1) is 0 Å². The fourth-order valence-corrected chi connectivity index (χ4v) is 3.46. The van der Waals surface area contributed by atoms with Gasteiger partial charge >= 0.3 is 0 Å². The summed E-state index contributed by atoms with van der Waals surface area (Å²) in [6.07, 6.45) is 3.33. The largest absolute Gasteiger partial charge is 0.474 e. The Morgan fingerprint density at radius 3 is 2.69 bits per heavy atom. The first-order chi connectivity index (χ1) is 14.0. The number of hydrogen-bond acceptors (Lipinski definition) is 8. The van der Waals surface area contributed by atoms with Crippen molar-refractivity contribution in [3.05, 3.63) is 24.4 Å². The van der Waals surface area contributed by atoms with Gasteiger partial charge in [0.1, 0.15) is 11.9 Å². The fourth-order valence-electron chi connectivity index (χ4n) is 3.46. The Balaban J connectivity index is 1.55. The molecule has 1 saturated heterocycles. The van der Waals surface area contributed by atoms with Crippen molar-refractivity contribution in [2.45, 2.75) is 31.9 Å². The third kappa shape index (κ3) is 4.40. The van der Waals surface area contributed by atoms with Gasteiger partial charge in [0.2, 0.25) is 17.7 Å². The van der Waals surface area contributed by atoms with E-state index in [0.717, 1.165) is 37.2 Å². The lowest BCUT2D eigenvalue weighted by Gasteiger charge is -2.40. The molecular formula is C20H26N6O3. The SMILES string of the molecule is CC(=O)N(C)C1CC(Oc2cc(-c3ccc(N)nc3)nc(N3CCOCC3)n2)C1. The van der Waals surface area contributed by atoms with Gasteiger partial charge in [0.05, 0.1) is 18.9 Å². The summed E-state index contributed by atoms with van der Waals surface area (Å²) < 4.78 is 11.6. The van der Waals surface area contributed by atoms with Crippen LogP contribution in [0.15, 0.2) is 24.4 Å². The third-order valence-corrected chi connectivity index (χ3v) is 5.47. The number of nitrogens with two attached hydrogens (primary N) is 1. The van der Waals surface area contributed by atoms with Crippen molar-refractivity contribution in [2.24, 2.45) is 0 Å². The second-order valence-electron chi connectivity index (χ2n) is 7.46. The Morgan fingerprint density at radius 1 is 1.28 bits per heavy atom. The van der Waals surface area contributed by atoms with Gasteiger partial charge in [0.15, 0.2) is 0 Å². The van der Waals surface area contributed by atoms with E-state index in [0.29, 0.717) is 30.9 Å². The van der Waals surface area contributed by atoms with E-state index in [1.54, 1.807) is 24.1 Å². The fraction of sp³-hybridized carbons (Fsp3) is 0.500. The maximum absolute atomic E-state index is 11.5. The van der Waals surface area contributed by atoms with Gasteiger partial charge in [-0.2, -0.15) is 4.98 Å². The predicted molar refractivity (Wildman–Crippen MR) is 109 cm³/mol. The molecule has 2 fully saturated rings. The number of anilines is 2. The van der Waals surface area contributed by atoms with Crippen LogP contribution in [0.2, 0.25) is 0 Å². The lowest BCUT2D eigenvalue weighted by Crippen LogP contribution is -2.49. The summed E-state index contributed by atoms with van der Waals surface area (Å²) in [4.78, 5) is 28.9. The molecule has 2 aromatic heterocycles. The predicted octanol–water partition coefficient (Wildman–Crippen LogP) is 1.35. The summed E-state index contributed by atoms with van der Waals surface area (Å²) in [5.74, 6) is 1.68. The van der Waals surface area contributed by atoms with Crippen LogP contribution in [0, 0.1) is 0 Å². The van der Waals surface area contributed by atoms with E-state index < -0.39 is 0 Å². The average Bonchev–Trinajstić information content (AvgIpc) is 2.71. The molecule has 2 aliphatic rings. The molecule has 0 atom stereocenters. The Bertz CT molecular complexity index is 863. The summed E-state index contributed by atoms with van der Waals surface area (Å²) in [5.41, 5.74) is 7.30. The van der Waals surface area contributed by atoms with E-state index in [1.807, 2.05) is 19.2 Å². The van der Waals surface area contributed by atoms with E-state index in [2.05, 4.69) is 14.9 Å². The first-order valence-corrected chi connectivity index (χ1v) is 9.83. The van der Waals surface area contributed by atoms with Crippen molar-refractivity contribution in [3.8, 4) is 17.1 Å². The lowest BCUT2D eigenvalue weighted by molar-refractivity contribution is -0.133. The minimum absolute atomic E-state index is 0.0339. The topological polar surface area (TPSA) is 107 Å². The Labute approximate surface area is 169 Å². The number of morpholine rings is 1. The molecule has 0 unspecified atom stereocenters. The zero-order chi connectivity index (χ0) is 20.4. The van der Waals surface area contributed by atoms with Gasteiger partial charge in [0, 0.05) is 63.8 Å². The van der Waals surface area contributed by atoms with Crippen molar-refractivity contribution < 1.29 is 14.3 Å². The normalized spacial score (nSPS) is 21.4. The van der Waals surface area contributed by atoms with Gasteiger partial charge in [-0.1, -0.05) is 0 Å². The highest BCUT2D eigenvalue weighted by molar-refractivity contribution is 5.73. The number of amides is 1. The van der Waals surface area contributed by atoms with Crippen LogP contribution >= 0.6 is 0 Å². The summed E-state index contributed by atoms with van der Waals surface area (Å²) in [5, 5.41) is 0. The number of rotatable bonds is 5. The number of carbonyl (C=O) groups is 1. The summed E-state index contributed by atoms with van der Waals surface area (Å²) >= 11 is 0. The monoisotopic (exact) mass is 398 g/mol. The van der Waals surface area contributed by atoms with E-state index in [9.17, 15) is 4.79 Å². The summed E-state index contributed by atoms with van der Waals surface area (Å²) in [6, 6.07) is 5.69. The van der Waals surface area contributed by atoms with Crippen LogP contribution in [0.4, 0.5) is 11.8 Å². The highest BCUT2D eigenvalue weighted by atomic mass is 16.5. The summed E-state index contributed by atoms with van der Waals surface area (Å²) in [6.45, 7) is 4.35. The number of nitrogens with zero attached hydrogens (tertiary/aromatic N) is 5. The molecule has 154 valence electrons. The van der Waals surface area contributed by atoms with Gasteiger partial charge < -0.3 is 25.0 Å². The van der Waals surface area contributed by atoms with Crippen LogP contribution in [0.3, 0.4) is 0 Å². The molecule has 9 heteroatoms. The number of ether oxygens (including phenoxy) is 2. The maximum Gasteiger partial charge on any atom is 0.229 e. The quantitative estimate of drug-likeness (QED) is 0.804. The second kappa shape index (κ2) is 8.20. The molecule has 0 spiro atoms. The van der Waals surface area contributed by atoms with Crippen molar-refractivity contribution in [2.75, 3.05) is 44.0 Å². The smallest absolute Gasteiger partial charge is 0.229 e. The van der Waals surface area contributed by atoms with E-state index in [4.69, 9.17) is 20.2 Å². The Kier molecular flexibility index (Phi) is 5.48. The molecule has 3 heterocycles. The van der Waals surface area contributed by atoms with E-state index >= 15 is 0 Å². The van der Waals surface area contributed by atoms with Crippen molar-refractivity contribution in [3.63, 3.8) is 0 Å². The zero-order valence-corrected chi connectivity index (χ0v) is 16.7. The molecule has 29 heavy (non-hydrogen) atoms. The van der Waals surface area contributed by atoms with Crippen LogP contribution < -0.4 is 15.4 Å². The van der Waals surface area contributed by atoms with E-state index in [-0.39, 0.29) is 18.1 Å². The molecule has 2 N–H and O–H groups in total. The second-order valence-corrected chi connectivity index (χ2v) is 7.46. The maximum atomic E-state index is 11.5. The molecule has 1 aliphatic heterocycles. The highest BCUT2D eigenvalue weighted by Crippen LogP contribution is 2.31.